The molecule has 0 heterocycles. The maximum absolute atomic E-state index is 9.95. The molecule has 0 atom stereocenters. The van der Waals surface area contributed by atoms with Crippen molar-refractivity contribution in [3.8, 4) is 22.3 Å². The van der Waals surface area contributed by atoms with Gasteiger partial charge in [0.05, 0.1) is 9.60 Å². The second-order valence-electron chi connectivity index (χ2n) is 12.3. The van der Waals surface area contributed by atoms with E-state index in [0.717, 1.165) is 75.8 Å². The number of fused-ring (bicyclic) bond motifs is 3. The van der Waals surface area contributed by atoms with Crippen molar-refractivity contribution in [3.05, 3.63) is 158 Å². The number of rotatable bonds is 2. The highest BCUT2D eigenvalue weighted by molar-refractivity contribution is 6.28. The Kier molecular flexibility index (Phi) is 3.59. The van der Waals surface area contributed by atoms with E-state index in [-0.39, 0.29) is 46.4 Å². The zero-order valence-corrected chi connectivity index (χ0v) is 24.5. The predicted octanol–water partition coefficient (Wildman–Crippen LogP) is 13.1. The SMILES string of the molecule is [2H]c1c([2H])c([2H])c2c(c1[2H])c([2H])c([2H])c1c(-c3ccc4ccc5cccc6ccc3c4c56)cc(-c3ccc4ccc5cccc6ccc3c4c56)c([2H])c12. The van der Waals surface area contributed by atoms with Crippen LogP contribution < -0.4 is 0 Å². The third-order valence-electron chi connectivity index (χ3n) is 9.96. The van der Waals surface area contributed by atoms with Crippen molar-refractivity contribution in [1.29, 1.82) is 0 Å². The molecule has 11 rings (SSSR count). The summed E-state index contributed by atoms with van der Waals surface area (Å²) in [6, 6.07) is 37.7. The molecule has 0 radical (unpaired) electrons. The monoisotopic (exact) mass is 585 g/mol. The van der Waals surface area contributed by atoms with Crippen LogP contribution in [0.5, 0.6) is 0 Å². The average Bonchev–Trinajstić information content (AvgIpc) is 3.19. The molecule has 0 aliphatic rings. The Balaban J connectivity index is 1.37. The molecule has 46 heavy (non-hydrogen) atoms. The predicted molar refractivity (Wildman–Crippen MR) is 200 cm³/mol. The quantitative estimate of drug-likeness (QED) is 0.177. The molecule has 0 aliphatic heterocycles. The molecule has 0 aliphatic carbocycles. The molecule has 0 bridgehead atoms. The summed E-state index contributed by atoms with van der Waals surface area (Å²) in [5.74, 6) is 0. The van der Waals surface area contributed by atoms with Crippen LogP contribution in [0.1, 0.15) is 9.60 Å². The van der Waals surface area contributed by atoms with Gasteiger partial charge < -0.3 is 0 Å². The van der Waals surface area contributed by atoms with Gasteiger partial charge in [-0.3, -0.25) is 0 Å². The fourth-order valence-corrected chi connectivity index (χ4v) is 7.92. The lowest BCUT2D eigenvalue weighted by Gasteiger charge is -2.19. The van der Waals surface area contributed by atoms with Crippen LogP contribution in [0.4, 0.5) is 0 Å². The zero-order valence-electron chi connectivity index (χ0n) is 31.5. The summed E-state index contributed by atoms with van der Waals surface area (Å²) < 4.78 is 63.7. The lowest BCUT2D eigenvalue weighted by atomic mass is 9.85. The van der Waals surface area contributed by atoms with Crippen molar-refractivity contribution in [1.82, 2.24) is 0 Å². The molecule has 0 saturated heterocycles. The third-order valence-corrected chi connectivity index (χ3v) is 9.96. The Morgan fingerprint density at radius 3 is 1.50 bits per heavy atom. The highest BCUT2D eigenvalue weighted by Crippen LogP contribution is 2.45. The first-order chi connectivity index (χ1) is 25.7. The topological polar surface area (TPSA) is 0 Å². The summed E-state index contributed by atoms with van der Waals surface area (Å²) >= 11 is 0. The standard InChI is InChI=1S/C46H26/c1-2-10-35-27(5-1)15-21-38-41(35)25-34(36-20-16-32-13-11-28-6-3-8-30-18-23-39(36)45(32)43(28)30)26-42(38)37-22-17-33-14-12-29-7-4-9-31-19-24-40(37)46(33)44(29)31/h1-26H/i1D,2D,5D,10D,15D,21D,25D. The molecule has 210 valence electrons. The van der Waals surface area contributed by atoms with Crippen molar-refractivity contribution in [2.75, 3.05) is 0 Å². The number of hydrogen-bond acceptors (Lipinski definition) is 0. The first-order valence-electron chi connectivity index (χ1n) is 19.0. The summed E-state index contributed by atoms with van der Waals surface area (Å²) in [4.78, 5) is 0. The van der Waals surface area contributed by atoms with E-state index in [1.54, 1.807) is 0 Å². The fourth-order valence-electron chi connectivity index (χ4n) is 7.92. The summed E-state index contributed by atoms with van der Waals surface area (Å²) in [6.07, 6.45) is 0. The molecule has 0 heteroatoms. The van der Waals surface area contributed by atoms with Crippen LogP contribution in [0, 0.1) is 0 Å². The van der Waals surface area contributed by atoms with Crippen LogP contribution in [0.25, 0.3) is 108 Å². The summed E-state index contributed by atoms with van der Waals surface area (Å²) in [5.41, 5.74) is 2.87. The minimum atomic E-state index is -0.462. The van der Waals surface area contributed by atoms with E-state index in [1.165, 1.54) is 0 Å². The van der Waals surface area contributed by atoms with Crippen molar-refractivity contribution < 1.29 is 9.60 Å². The lowest BCUT2D eigenvalue weighted by Crippen LogP contribution is -1.91. The van der Waals surface area contributed by atoms with E-state index in [1.807, 2.05) is 18.2 Å². The summed E-state index contributed by atoms with van der Waals surface area (Å²) in [6.45, 7) is 0. The van der Waals surface area contributed by atoms with Crippen LogP contribution >= 0.6 is 0 Å². The van der Waals surface area contributed by atoms with Gasteiger partial charge in [0.1, 0.15) is 0 Å². The van der Waals surface area contributed by atoms with Gasteiger partial charge in [0.2, 0.25) is 0 Å². The van der Waals surface area contributed by atoms with Crippen molar-refractivity contribution in [2.24, 2.45) is 0 Å². The first-order valence-corrected chi connectivity index (χ1v) is 15.5. The first kappa shape index (κ1) is 18.7. The molecule has 0 unspecified atom stereocenters. The van der Waals surface area contributed by atoms with Gasteiger partial charge in [-0.15, -0.1) is 0 Å². The van der Waals surface area contributed by atoms with Gasteiger partial charge in [0, 0.05) is 0 Å². The number of hydrogen-bond donors (Lipinski definition) is 0. The fraction of sp³-hybridized carbons (Fsp3) is 0. The van der Waals surface area contributed by atoms with Crippen molar-refractivity contribution >= 4 is 86.2 Å². The van der Waals surface area contributed by atoms with Crippen LogP contribution in [-0.4, -0.2) is 0 Å². The van der Waals surface area contributed by atoms with E-state index in [2.05, 4.69) is 97.1 Å². The van der Waals surface area contributed by atoms with E-state index >= 15 is 0 Å². The highest BCUT2D eigenvalue weighted by atomic mass is 14.2. The minimum Gasteiger partial charge on any atom is -0.0616 e. The summed E-state index contributed by atoms with van der Waals surface area (Å²) in [7, 11) is 0. The Hall–Kier alpha value is -5.98. The van der Waals surface area contributed by atoms with Crippen LogP contribution in [0.15, 0.2) is 158 Å². The van der Waals surface area contributed by atoms with Gasteiger partial charge in [-0.25, -0.2) is 0 Å². The normalized spacial score (nSPS) is 14.5. The minimum absolute atomic E-state index is 0.0455. The lowest BCUT2D eigenvalue weighted by molar-refractivity contribution is 1.68. The van der Waals surface area contributed by atoms with E-state index in [9.17, 15) is 4.11 Å². The summed E-state index contributed by atoms with van der Waals surface area (Å²) in [5, 5.41) is 13.7. The molecular weight excluding hydrogens is 553 g/mol. The number of benzene rings is 11. The van der Waals surface area contributed by atoms with Crippen molar-refractivity contribution in [3.63, 3.8) is 0 Å². The van der Waals surface area contributed by atoms with Crippen LogP contribution in [0.3, 0.4) is 0 Å². The third kappa shape index (κ3) is 3.18. The molecule has 0 aromatic heterocycles. The van der Waals surface area contributed by atoms with Gasteiger partial charge in [0.15, 0.2) is 0 Å². The highest BCUT2D eigenvalue weighted by Gasteiger charge is 2.18. The Morgan fingerprint density at radius 1 is 0.326 bits per heavy atom. The largest absolute Gasteiger partial charge is 0.0636 e. The second kappa shape index (κ2) is 8.81. The van der Waals surface area contributed by atoms with Gasteiger partial charge in [-0.2, -0.15) is 0 Å². The van der Waals surface area contributed by atoms with Gasteiger partial charge in [-0.05, 0) is 121 Å². The van der Waals surface area contributed by atoms with Gasteiger partial charge in [0.25, 0.3) is 0 Å². The average molecular weight is 586 g/mol. The van der Waals surface area contributed by atoms with Crippen molar-refractivity contribution in [2.45, 2.75) is 0 Å². The maximum atomic E-state index is 9.95. The Morgan fingerprint density at radius 2 is 0.848 bits per heavy atom. The molecular formula is C46H26. The molecule has 0 N–H and O–H groups in total. The Labute approximate surface area is 275 Å². The van der Waals surface area contributed by atoms with E-state index in [4.69, 9.17) is 5.48 Å². The maximum Gasteiger partial charge on any atom is 0.0636 e. The Bertz CT molecular complexity index is 3390. The molecule has 0 amide bonds. The molecule has 0 spiro atoms. The molecule has 0 saturated carbocycles. The second-order valence-corrected chi connectivity index (χ2v) is 12.3. The molecule has 0 nitrogen and oxygen atoms in total. The van der Waals surface area contributed by atoms with Crippen LogP contribution in [0.2, 0.25) is 0 Å². The van der Waals surface area contributed by atoms with Gasteiger partial charge >= 0.3 is 0 Å². The molecule has 11 aromatic rings. The van der Waals surface area contributed by atoms with E-state index < -0.39 is 12.1 Å². The van der Waals surface area contributed by atoms with Crippen LogP contribution in [-0.2, 0) is 0 Å². The zero-order chi connectivity index (χ0) is 36.0. The van der Waals surface area contributed by atoms with Gasteiger partial charge in [-0.1, -0.05) is 145 Å². The molecule has 0 fully saturated rings. The molecule has 11 aromatic carbocycles. The van der Waals surface area contributed by atoms with E-state index in [0.29, 0.717) is 16.5 Å². The smallest absolute Gasteiger partial charge is 0.0616 e.